The van der Waals surface area contributed by atoms with Crippen molar-refractivity contribution in [2.75, 3.05) is 7.11 Å². The molecule has 0 saturated heterocycles. The van der Waals surface area contributed by atoms with Crippen LogP contribution in [-0.4, -0.2) is 12.9 Å². The second kappa shape index (κ2) is 9.63. The van der Waals surface area contributed by atoms with Gasteiger partial charge in [0.25, 0.3) is 0 Å². The van der Waals surface area contributed by atoms with Crippen molar-refractivity contribution in [2.45, 2.75) is 6.61 Å². The Kier molecular flexibility index (Phi) is 6.48. The average Bonchev–Trinajstić information content (AvgIpc) is 2.81. The highest BCUT2D eigenvalue weighted by Gasteiger charge is 2.08. The van der Waals surface area contributed by atoms with E-state index in [0.29, 0.717) is 12.2 Å². The molecule has 4 aromatic carbocycles. The fourth-order valence-electron chi connectivity index (χ4n) is 3.34. The number of methoxy groups -OCH3 is 1. The van der Waals surface area contributed by atoms with Gasteiger partial charge < -0.3 is 9.47 Å². The largest absolute Gasteiger partial charge is 0.496 e. The molecule has 0 aliphatic rings. The van der Waals surface area contributed by atoms with Gasteiger partial charge in [0.1, 0.15) is 18.1 Å². The summed E-state index contributed by atoms with van der Waals surface area (Å²) < 4.78 is 12.3. The Bertz CT molecular complexity index is 1260. The fraction of sp³-hybridized carbons (Fsp3) is 0.0741. The Morgan fingerprint density at radius 1 is 0.871 bits per heavy atom. The smallest absolute Gasteiger partial charge is 0.185 e. The second-order valence-electron chi connectivity index (χ2n) is 7.05. The van der Waals surface area contributed by atoms with Crippen molar-refractivity contribution in [3.05, 3.63) is 112 Å². The number of halogens is 1. The number of rotatable bonds is 7. The minimum Gasteiger partial charge on any atom is -0.496 e. The topological polar surface area (TPSA) is 35.5 Å². The van der Waals surface area contributed by atoms with Crippen molar-refractivity contribution in [1.82, 2.24) is 0 Å². The van der Waals surface area contributed by atoms with Gasteiger partial charge in [0.05, 0.1) is 11.6 Å². The highest BCUT2D eigenvalue weighted by Crippen LogP contribution is 2.27. The van der Waals surface area contributed by atoms with Crippen LogP contribution in [0.4, 0.5) is 0 Å². The number of carbonyl (C=O) groups excluding carboxylic acids is 1. The molecular formula is C27H21BrO3. The molecule has 0 bridgehead atoms. The van der Waals surface area contributed by atoms with Crippen LogP contribution < -0.4 is 9.47 Å². The van der Waals surface area contributed by atoms with Crippen LogP contribution in [0.3, 0.4) is 0 Å². The first-order valence-corrected chi connectivity index (χ1v) is 10.7. The van der Waals surface area contributed by atoms with Crippen LogP contribution in [0.5, 0.6) is 11.5 Å². The van der Waals surface area contributed by atoms with E-state index < -0.39 is 0 Å². The molecule has 0 spiro atoms. The molecule has 0 atom stereocenters. The summed E-state index contributed by atoms with van der Waals surface area (Å²) in [5.74, 6) is 1.47. The third kappa shape index (κ3) is 5.04. The van der Waals surface area contributed by atoms with Crippen LogP contribution in [0.2, 0.25) is 0 Å². The van der Waals surface area contributed by atoms with Crippen LogP contribution in [0, 0.1) is 0 Å². The number of ether oxygens (including phenoxy) is 2. The Morgan fingerprint density at radius 3 is 2.45 bits per heavy atom. The summed E-state index contributed by atoms with van der Waals surface area (Å²) in [7, 11) is 1.63. The molecule has 0 aromatic heterocycles. The van der Waals surface area contributed by atoms with E-state index in [-0.39, 0.29) is 5.78 Å². The van der Waals surface area contributed by atoms with Crippen LogP contribution in [0.25, 0.3) is 16.8 Å². The molecule has 4 heteroatoms. The van der Waals surface area contributed by atoms with Crippen LogP contribution in [0.15, 0.2) is 95.5 Å². The molecule has 0 amide bonds. The monoisotopic (exact) mass is 472 g/mol. The Hall–Kier alpha value is -3.37. The van der Waals surface area contributed by atoms with Crippen molar-refractivity contribution in [3.8, 4) is 11.5 Å². The number of benzene rings is 4. The van der Waals surface area contributed by atoms with Gasteiger partial charge in [0.15, 0.2) is 5.78 Å². The van der Waals surface area contributed by atoms with Gasteiger partial charge in [-0.25, -0.2) is 0 Å². The number of fused-ring (bicyclic) bond motifs is 1. The van der Waals surface area contributed by atoms with Gasteiger partial charge in [-0.1, -0.05) is 60.7 Å². The van der Waals surface area contributed by atoms with Crippen molar-refractivity contribution in [2.24, 2.45) is 0 Å². The molecule has 0 N–H and O–H groups in total. The number of carbonyl (C=O) groups is 1. The summed E-state index contributed by atoms with van der Waals surface area (Å²) in [5.41, 5.74) is 2.47. The van der Waals surface area contributed by atoms with Gasteiger partial charge in [-0.2, -0.15) is 0 Å². The van der Waals surface area contributed by atoms with E-state index in [1.807, 2.05) is 91.0 Å². The quantitative estimate of drug-likeness (QED) is 0.212. The van der Waals surface area contributed by atoms with Gasteiger partial charge in [0.2, 0.25) is 0 Å². The SMILES string of the molecule is COc1ccc(/C=C/C(=O)c2ccc3ccccc3c2)cc1COc1ccccc1Br. The van der Waals surface area contributed by atoms with Gasteiger partial charge >= 0.3 is 0 Å². The maximum atomic E-state index is 12.7. The predicted molar refractivity (Wildman–Crippen MR) is 129 cm³/mol. The van der Waals surface area contributed by atoms with Crippen LogP contribution in [0.1, 0.15) is 21.5 Å². The minimum atomic E-state index is -0.0346. The third-order valence-electron chi connectivity index (χ3n) is 4.99. The van der Waals surface area contributed by atoms with E-state index in [4.69, 9.17) is 9.47 Å². The summed E-state index contributed by atoms with van der Waals surface area (Å²) >= 11 is 3.49. The molecule has 0 saturated carbocycles. The first-order chi connectivity index (χ1) is 15.1. The Labute approximate surface area is 190 Å². The molecule has 0 unspecified atom stereocenters. The second-order valence-corrected chi connectivity index (χ2v) is 7.90. The molecule has 0 aliphatic carbocycles. The number of ketones is 1. The molecule has 31 heavy (non-hydrogen) atoms. The minimum absolute atomic E-state index is 0.0346. The van der Waals surface area contributed by atoms with E-state index in [9.17, 15) is 4.79 Å². The highest BCUT2D eigenvalue weighted by molar-refractivity contribution is 9.10. The van der Waals surface area contributed by atoms with Gasteiger partial charge in [-0.3, -0.25) is 4.79 Å². The zero-order valence-electron chi connectivity index (χ0n) is 17.0. The van der Waals surface area contributed by atoms with Gasteiger partial charge in [-0.05, 0) is 68.7 Å². The molecular weight excluding hydrogens is 452 g/mol. The Morgan fingerprint density at radius 2 is 1.65 bits per heavy atom. The normalized spacial score (nSPS) is 11.0. The first kappa shape index (κ1) is 20.9. The summed E-state index contributed by atoms with van der Waals surface area (Å²) in [4.78, 5) is 12.7. The third-order valence-corrected chi connectivity index (χ3v) is 5.64. The summed E-state index contributed by atoms with van der Waals surface area (Å²) in [6.45, 7) is 0.353. The van der Waals surface area contributed by atoms with Crippen molar-refractivity contribution in [3.63, 3.8) is 0 Å². The van der Waals surface area contributed by atoms with Gasteiger partial charge in [-0.15, -0.1) is 0 Å². The maximum Gasteiger partial charge on any atom is 0.185 e. The number of hydrogen-bond acceptors (Lipinski definition) is 3. The van der Waals surface area contributed by atoms with Crippen molar-refractivity contribution < 1.29 is 14.3 Å². The lowest BCUT2D eigenvalue weighted by Gasteiger charge is -2.12. The van der Waals surface area contributed by atoms with E-state index >= 15 is 0 Å². The van der Waals surface area contributed by atoms with Gasteiger partial charge in [0, 0.05) is 11.1 Å². The molecule has 4 aromatic rings. The van der Waals surface area contributed by atoms with Crippen LogP contribution in [-0.2, 0) is 6.61 Å². The van der Waals surface area contributed by atoms with E-state index in [0.717, 1.165) is 37.9 Å². The molecule has 0 aliphatic heterocycles. The summed E-state index contributed by atoms with van der Waals surface area (Å²) in [6.07, 6.45) is 3.42. The van der Waals surface area contributed by atoms with E-state index in [1.54, 1.807) is 13.2 Å². The zero-order valence-corrected chi connectivity index (χ0v) is 18.6. The van der Waals surface area contributed by atoms with Crippen molar-refractivity contribution in [1.29, 1.82) is 0 Å². The lowest BCUT2D eigenvalue weighted by atomic mass is 10.0. The fourth-order valence-corrected chi connectivity index (χ4v) is 3.74. The average molecular weight is 473 g/mol. The van der Waals surface area contributed by atoms with E-state index in [2.05, 4.69) is 15.9 Å². The summed E-state index contributed by atoms with van der Waals surface area (Å²) in [5, 5.41) is 2.17. The lowest BCUT2D eigenvalue weighted by Crippen LogP contribution is -2.00. The first-order valence-electron chi connectivity index (χ1n) is 9.89. The lowest BCUT2D eigenvalue weighted by molar-refractivity contribution is 0.104. The number of para-hydroxylation sites is 1. The van der Waals surface area contributed by atoms with E-state index in [1.165, 1.54) is 0 Å². The number of allylic oxidation sites excluding steroid dienone is 1. The molecule has 0 radical (unpaired) electrons. The molecule has 0 fully saturated rings. The zero-order chi connectivity index (χ0) is 21.6. The predicted octanol–water partition coefficient (Wildman–Crippen LogP) is 7.09. The molecule has 3 nitrogen and oxygen atoms in total. The van der Waals surface area contributed by atoms with Crippen molar-refractivity contribution >= 4 is 38.6 Å². The molecule has 4 rings (SSSR count). The van der Waals surface area contributed by atoms with Crippen LogP contribution >= 0.6 is 15.9 Å². The highest BCUT2D eigenvalue weighted by atomic mass is 79.9. The number of hydrogen-bond donors (Lipinski definition) is 0. The standard InChI is InChI=1S/C27H21BrO3/c1-30-26-15-11-19(16-23(26)18-31-27-9-5-4-8-24(27)28)10-14-25(29)22-13-12-20-6-2-3-7-21(20)17-22/h2-17H,18H2,1H3/b14-10+. The summed E-state index contributed by atoms with van der Waals surface area (Å²) in [6, 6.07) is 27.3. The maximum absolute atomic E-state index is 12.7. The Balaban J connectivity index is 1.52. The molecule has 0 heterocycles. The molecule has 154 valence electrons.